The standard InChI is InChI=1S/C24H24F3N5O2/c1-29-21(33)20-14-32(18-5-4-16(12-28)19(11-18)24(25,26)27)15-23(20)6-9-31(10-7-23)22(34)17-3-2-8-30-13-17/h2-5,8,11,13,20H,6-7,9-10,14-15H2,1H3,(H,29,33). The smallest absolute Gasteiger partial charge is 0.370 e. The third-order valence-electron chi connectivity index (χ3n) is 6.96. The maximum Gasteiger partial charge on any atom is 0.417 e. The second-order valence-corrected chi connectivity index (χ2v) is 8.78. The van der Waals surface area contributed by atoms with Crippen molar-refractivity contribution in [2.45, 2.75) is 19.0 Å². The van der Waals surface area contributed by atoms with Crippen molar-refractivity contribution >= 4 is 17.5 Å². The molecule has 2 aliphatic rings. The number of carbonyl (C=O) groups excluding carboxylic acids is 2. The molecule has 1 aromatic heterocycles. The maximum atomic E-state index is 13.5. The topological polar surface area (TPSA) is 89.3 Å². The van der Waals surface area contributed by atoms with Gasteiger partial charge >= 0.3 is 6.18 Å². The Kier molecular flexibility index (Phi) is 6.21. The number of anilines is 1. The number of piperidine rings is 1. The fraction of sp³-hybridized carbons (Fsp3) is 0.417. The van der Waals surface area contributed by atoms with Gasteiger partial charge in [-0.2, -0.15) is 18.4 Å². The Morgan fingerprint density at radius 2 is 1.97 bits per heavy atom. The molecule has 1 N–H and O–H groups in total. The van der Waals surface area contributed by atoms with E-state index >= 15 is 0 Å². The molecule has 3 heterocycles. The molecule has 7 nitrogen and oxygen atoms in total. The number of amides is 2. The van der Waals surface area contributed by atoms with Gasteiger partial charge < -0.3 is 15.1 Å². The molecule has 0 radical (unpaired) electrons. The van der Waals surface area contributed by atoms with Gasteiger partial charge in [0.2, 0.25) is 5.91 Å². The number of nitrogens with one attached hydrogen (secondary N) is 1. The number of pyridine rings is 1. The number of rotatable bonds is 3. The van der Waals surface area contributed by atoms with Crippen LogP contribution in [0.15, 0.2) is 42.7 Å². The van der Waals surface area contributed by atoms with E-state index in [2.05, 4.69) is 10.3 Å². The minimum Gasteiger partial charge on any atom is -0.370 e. The Morgan fingerprint density at radius 1 is 1.24 bits per heavy atom. The van der Waals surface area contributed by atoms with Gasteiger partial charge in [0, 0.05) is 56.7 Å². The fourth-order valence-electron chi connectivity index (χ4n) is 5.10. The summed E-state index contributed by atoms with van der Waals surface area (Å²) in [5.74, 6) is -0.728. The Morgan fingerprint density at radius 3 is 2.56 bits per heavy atom. The van der Waals surface area contributed by atoms with Crippen molar-refractivity contribution in [3.05, 3.63) is 59.4 Å². The van der Waals surface area contributed by atoms with Gasteiger partial charge in [-0.15, -0.1) is 0 Å². The molecule has 2 saturated heterocycles. The van der Waals surface area contributed by atoms with Crippen LogP contribution in [0.4, 0.5) is 18.9 Å². The van der Waals surface area contributed by atoms with Gasteiger partial charge in [-0.25, -0.2) is 0 Å². The Bertz CT molecular complexity index is 1120. The fourth-order valence-corrected chi connectivity index (χ4v) is 5.10. The van der Waals surface area contributed by atoms with Crippen LogP contribution in [0.3, 0.4) is 0 Å². The minimum atomic E-state index is -4.66. The van der Waals surface area contributed by atoms with E-state index in [9.17, 15) is 22.8 Å². The summed E-state index contributed by atoms with van der Waals surface area (Å²) < 4.78 is 40.5. The van der Waals surface area contributed by atoms with Gasteiger partial charge in [-0.1, -0.05) is 0 Å². The molecule has 178 valence electrons. The second-order valence-electron chi connectivity index (χ2n) is 8.78. The van der Waals surface area contributed by atoms with Crippen molar-refractivity contribution in [3.8, 4) is 6.07 Å². The number of hydrogen-bond acceptors (Lipinski definition) is 5. The van der Waals surface area contributed by atoms with E-state index < -0.39 is 28.6 Å². The van der Waals surface area contributed by atoms with Crippen LogP contribution in [-0.4, -0.2) is 54.9 Å². The summed E-state index contributed by atoms with van der Waals surface area (Å²) >= 11 is 0. The minimum absolute atomic E-state index is 0.129. The van der Waals surface area contributed by atoms with Gasteiger partial charge in [-0.05, 0) is 43.2 Å². The Labute approximate surface area is 195 Å². The first kappa shape index (κ1) is 23.5. The number of benzene rings is 1. The number of nitriles is 1. The molecule has 2 amide bonds. The Balaban J connectivity index is 1.58. The first-order valence-electron chi connectivity index (χ1n) is 11.0. The number of nitrogens with zero attached hydrogens (tertiary/aromatic N) is 4. The van der Waals surface area contributed by atoms with Crippen LogP contribution in [0.5, 0.6) is 0 Å². The number of halogens is 3. The highest BCUT2D eigenvalue weighted by Crippen LogP contribution is 2.47. The van der Waals surface area contributed by atoms with Crippen LogP contribution in [0.2, 0.25) is 0 Å². The van der Waals surface area contributed by atoms with Gasteiger partial charge in [0.25, 0.3) is 5.91 Å². The summed E-state index contributed by atoms with van der Waals surface area (Å²) in [5.41, 5.74) is -1.08. The number of alkyl halides is 3. The maximum absolute atomic E-state index is 13.5. The molecule has 0 aliphatic carbocycles. The van der Waals surface area contributed by atoms with E-state index in [0.29, 0.717) is 43.7 Å². The summed E-state index contributed by atoms with van der Waals surface area (Å²) in [7, 11) is 1.54. The van der Waals surface area contributed by atoms with Crippen molar-refractivity contribution in [2.24, 2.45) is 11.3 Å². The molecule has 4 rings (SSSR count). The zero-order valence-corrected chi connectivity index (χ0v) is 18.6. The third-order valence-corrected chi connectivity index (χ3v) is 6.96. The molecule has 34 heavy (non-hydrogen) atoms. The monoisotopic (exact) mass is 471 g/mol. The quantitative estimate of drug-likeness (QED) is 0.743. The van der Waals surface area contributed by atoms with Crippen molar-refractivity contribution in [2.75, 3.05) is 38.1 Å². The van der Waals surface area contributed by atoms with E-state index in [-0.39, 0.29) is 18.4 Å². The summed E-state index contributed by atoms with van der Waals surface area (Å²) in [6.07, 6.45) is -0.445. The molecule has 1 atom stereocenters. The molecule has 0 bridgehead atoms. The highest BCUT2D eigenvalue weighted by Gasteiger charge is 2.51. The predicted molar refractivity (Wildman–Crippen MR) is 118 cm³/mol. The van der Waals surface area contributed by atoms with Crippen molar-refractivity contribution in [1.82, 2.24) is 15.2 Å². The first-order valence-corrected chi connectivity index (χ1v) is 11.0. The van der Waals surface area contributed by atoms with Crippen LogP contribution in [0.1, 0.15) is 34.3 Å². The first-order chi connectivity index (χ1) is 16.2. The predicted octanol–water partition coefficient (Wildman–Crippen LogP) is 3.08. The van der Waals surface area contributed by atoms with Crippen LogP contribution in [-0.2, 0) is 11.0 Å². The number of aromatic nitrogens is 1. The average Bonchev–Trinajstić information content (AvgIpc) is 3.22. The largest absolute Gasteiger partial charge is 0.417 e. The van der Waals surface area contributed by atoms with Crippen molar-refractivity contribution < 1.29 is 22.8 Å². The molecule has 0 saturated carbocycles. The lowest BCUT2D eigenvalue weighted by molar-refractivity contribution is -0.137. The summed E-state index contributed by atoms with van der Waals surface area (Å²) in [6.45, 7) is 1.54. The molecule has 1 unspecified atom stereocenters. The lowest BCUT2D eigenvalue weighted by Crippen LogP contribution is -2.49. The van der Waals surface area contributed by atoms with Crippen LogP contribution in [0.25, 0.3) is 0 Å². The highest BCUT2D eigenvalue weighted by molar-refractivity contribution is 5.94. The lowest BCUT2D eigenvalue weighted by atomic mass is 9.70. The molecular formula is C24H24F3N5O2. The average molecular weight is 471 g/mol. The van der Waals surface area contributed by atoms with Crippen molar-refractivity contribution in [3.63, 3.8) is 0 Å². The summed E-state index contributed by atoms with van der Waals surface area (Å²) in [5, 5.41) is 11.8. The number of likely N-dealkylation sites (tertiary alicyclic amines) is 1. The molecule has 1 aromatic carbocycles. The second kappa shape index (κ2) is 8.97. The van der Waals surface area contributed by atoms with E-state index in [4.69, 9.17) is 5.26 Å². The van der Waals surface area contributed by atoms with Crippen LogP contribution in [0, 0.1) is 22.7 Å². The molecule has 2 fully saturated rings. The Hall–Kier alpha value is -3.61. The molecule has 2 aliphatic heterocycles. The third kappa shape index (κ3) is 4.30. The molecule has 1 spiro atoms. The SMILES string of the molecule is CNC(=O)C1CN(c2ccc(C#N)c(C(F)(F)F)c2)CC12CCN(C(=O)c1cccnc1)CC2. The van der Waals surface area contributed by atoms with E-state index in [1.54, 1.807) is 41.2 Å². The molecular weight excluding hydrogens is 447 g/mol. The van der Waals surface area contributed by atoms with E-state index in [0.717, 1.165) is 6.07 Å². The zero-order chi connectivity index (χ0) is 24.5. The number of hydrogen-bond donors (Lipinski definition) is 1. The number of carbonyl (C=O) groups is 2. The van der Waals surface area contributed by atoms with Gasteiger partial charge in [0.05, 0.1) is 28.7 Å². The van der Waals surface area contributed by atoms with E-state index in [1.165, 1.54) is 18.3 Å². The lowest BCUT2D eigenvalue weighted by Gasteiger charge is -2.42. The zero-order valence-electron chi connectivity index (χ0n) is 18.6. The highest BCUT2D eigenvalue weighted by atomic mass is 19.4. The van der Waals surface area contributed by atoms with Crippen LogP contribution >= 0.6 is 0 Å². The molecule has 10 heteroatoms. The summed E-state index contributed by atoms with van der Waals surface area (Å²) in [6, 6.07) is 8.65. The van der Waals surface area contributed by atoms with E-state index in [1.807, 2.05) is 0 Å². The van der Waals surface area contributed by atoms with Gasteiger partial charge in [0.1, 0.15) is 0 Å². The van der Waals surface area contributed by atoms with Gasteiger partial charge in [0.15, 0.2) is 0 Å². The molecule has 2 aromatic rings. The van der Waals surface area contributed by atoms with Gasteiger partial charge in [-0.3, -0.25) is 14.6 Å². The van der Waals surface area contributed by atoms with Crippen LogP contribution < -0.4 is 10.2 Å². The normalized spacial score (nSPS) is 19.7. The summed E-state index contributed by atoms with van der Waals surface area (Å²) in [4.78, 5) is 33.1. The van der Waals surface area contributed by atoms with Crippen molar-refractivity contribution in [1.29, 1.82) is 5.26 Å².